The van der Waals surface area contributed by atoms with Crippen LogP contribution in [-0.4, -0.2) is 17.2 Å². The Bertz CT molecular complexity index is 370. The van der Waals surface area contributed by atoms with Gasteiger partial charge in [-0.1, -0.05) is 0 Å². The number of hydrogen-bond donors (Lipinski definition) is 1. The van der Waals surface area contributed by atoms with Gasteiger partial charge >= 0.3 is 59.1 Å². The minimum absolute atomic E-state index is 0. The molecule has 6 nitrogen and oxygen atoms in total. The van der Waals surface area contributed by atoms with Gasteiger partial charge in [0.2, 0.25) is 0 Å². The van der Waals surface area contributed by atoms with Gasteiger partial charge in [0.25, 0.3) is 5.91 Å². The number of rotatable bonds is 3. The molecular weight excluding hydrogens is 253 g/mol. The summed E-state index contributed by atoms with van der Waals surface area (Å²) in [6, 6.07) is 2.99. The molecule has 16 heavy (non-hydrogen) atoms. The fourth-order valence-electron chi connectivity index (χ4n) is 0.768. The largest absolute Gasteiger partial charge is 1.00 e. The van der Waals surface area contributed by atoms with E-state index in [0.29, 0.717) is 0 Å². The molecule has 9 heteroatoms. The van der Waals surface area contributed by atoms with Gasteiger partial charge in [0.05, 0.1) is 5.56 Å². The van der Waals surface area contributed by atoms with Crippen LogP contribution in [0.2, 0.25) is 0 Å². The topological polar surface area (TPSA) is 105 Å². The van der Waals surface area contributed by atoms with Crippen LogP contribution in [0.25, 0.3) is 0 Å². The van der Waals surface area contributed by atoms with E-state index in [1.165, 1.54) is 24.5 Å². The standard InChI is InChI=1S/C7H9N2O4P.2Na/c10-7(9-5-14(11,12)13)6-2-1-3-8-4-6;;/h1-4H,5H2,(H,9,10)(H2,11,12,13);;/q;2*+1/p-2. The zero-order valence-corrected chi connectivity index (χ0v) is 13.9. The molecule has 0 fully saturated rings. The predicted octanol–water partition coefficient (Wildman–Crippen LogP) is -7.31. The summed E-state index contributed by atoms with van der Waals surface area (Å²) in [5.74, 6) is -0.634. The second-order valence-electron chi connectivity index (χ2n) is 2.52. The second kappa shape index (κ2) is 8.80. The molecule has 0 radical (unpaired) electrons. The van der Waals surface area contributed by atoms with Crippen molar-refractivity contribution in [2.75, 3.05) is 6.29 Å². The van der Waals surface area contributed by atoms with E-state index in [4.69, 9.17) is 0 Å². The Morgan fingerprint density at radius 1 is 1.44 bits per heavy atom. The Morgan fingerprint density at radius 2 is 2.06 bits per heavy atom. The van der Waals surface area contributed by atoms with E-state index in [1.807, 2.05) is 5.32 Å². The number of hydrogen-bond acceptors (Lipinski definition) is 5. The first-order valence-corrected chi connectivity index (χ1v) is 5.41. The quantitative estimate of drug-likeness (QED) is 0.429. The van der Waals surface area contributed by atoms with Crippen LogP contribution < -0.4 is 74.2 Å². The summed E-state index contributed by atoms with van der Waals surface area (Å²) in [5.41, 5.74) is 0.209. The number of carbonyl (C=O) groups is 1. The van der Waals surface area contributed by atoms with Crippen molar-refractivity contribution in [1.29, 1.82) is 0 Å². The normalized spacial score (nSPS) is 9.62. The van der Waals surface area contributed by atoms with E-state index < -0.39 is 19.8 Å². The molecule has 0 aliphatic rings. The van der Waals surface area contributed by atoms with Gasteiger partial charge in [-0.3, -0.25) is 9.78 Å². The van der Waals surface area contributed by atoms with Crippen molar-refractivity contribution < 1.29 is 78.3 Å². The van der Waals surface area contributed by atoms with Crippen LogP contribution in [0.4, 0.5) is 0 Å². The third kappa shape index (κ3) is 7.95. The Hall–Kier alpha value is 0.770. The molecule has 1 aromatic heterocycles. The first-order chi connectivity index (χ1) is 6.49. The van der Waals surface area contributed by atoms with Crippen molar-refractivity contribution in [3.63, 3.8) is 0 Å². The summed E-state index contributed by atoms with van der Waals surface area (Å²) in [5, 5.41) is 1.97. The zero-order chi connectivity index (χ0) is 10.6. The van der Waals surface area contributed by atoms with E-state index >= 15 is 0 Å². The van der Waals surface area contributed by atoms with Crippen LogP contribution in [-0.2, 0) is 4.57 Å². The fourth-order valence-corrected chi connectivity index (χ4v) is 1.11. The van der Waals surface area contributed by atoms with E-state index in [0.717, 1.165) is 0 Å². The molecule has 1 heterocycles. The van der Waals surface area contributed by atoms with Gasteiger partial charge in [0, 0.05) is 18.7 Å². The molecule has 0 aromatic carbocycles. The van der Waals surface area contributed by atoms with Crippen LogP contribution in [0.3, 0.4) is 0 Å². The average molecular weight is 260 g/mol. The molecule has 0 aliphatic heterocycles. The Kier molecular flexibility index (Phi) is 10.5. The zero-order valence-electron chi connectivity index (χ0n) is 9.04. The molecule has 0 aliphatic carbocycles. The van der Waals surface area contributed by atoms with Gasteiger partial charge in [-0.25, -0.2) is 0 Å². The second-order valence-corrected chi connectivity index (χ2v) is 4.05. The summed E-state index contributed by atoms with van der Waals surface area (Å²) in [6.07, 6.45) is 1.86. The average Bonchev–Trinajstić information content (AvgIpc) is 2.14. The monoisotopic (exact) mass is 260 g/mol. The molecule has 0 saturated heterocycles. The van der Waals surface area contributed by atoms with Gasteiger partial charge in [-0.2, -0.15) is 0 Å². The van der Waals surface area contributed by atoms with Crippen molar-refractivity contribution >= 4 is 13.5 Å². The smallest absolute Gasteiger partial charge is 0.810 e. The molecule has 1 amide bonds. The summed E-state index contributed by atoms with van der Waals surface area (Å²) in [7, 11) is -4.69. The van der Waals surface area contributed by atoms with Gasteiger partial charge in [-0.15, -0.1) is 0 Å². The number of nitrogens with zero attached hydrogens (tertiary/aromatic N) is 1. The molecule has 0 bridgehead atoms. The Labute approximate surface area is 137 Å². The molecule has 0 atom stereocenters. The third-order valence-corrected chi connectivity index (χ3v) is 1.90. The molecule has 0 spiro atoms. The van der Waals surface area contributed by atoms with Crippen molar-refractivity contribution in [2.24, 2.45) is 0 Å². The van der Waals surface area contributed by atoms with Gasteiger partial charge in [0.1, 0.15) is 0 Å². The van der Waals surface area contributed by atoms with Gasteiger partial charge < -0.3 is 19.7 Å². The third-order valence-electron chi connectivity index (χ3n) is 1.36. The number of aromatic nitrogens is 1. The van der Waals surface area contributed by atoms with Crippen molar-refractivity contribution in [3.05, 3.63) is 30.1 Å². The van der Waals surface area contributed by atoms with Crippen LogP contribution in [0.5, 0.6) is 0 Å². The SMILES string of the molecule is O=C(NCP(=O)([O-])[O-])c1cccnc1.[Na+].[Na+]. The van der Waals surface area contributed by atoms with Crippen molar-refractivity contribution in [3.8, 4) is 0 Å². The molecule has 0 saturated carbocycles. The van der Waals surface area contributed by atoms with E-state index in [2.05, 4.69) is 4.98 Å². The van der Waals surface area contributed by atoms with Gasteiger partial charge in [-0.05, 0) is 19.7 Å². The maximum absolute atomic E-state index is 11.1. The summed E-state index contributed by atoms with van der Waals surface area (Å²) >= 11 is 0. The fraction of sp³-hybridized carbons (Fsp3) is 0.143. The van der Waals surface area contributed by atoms with E-state index in [-0.39, 0.29) is 64.7 Å². The molecular formula is C7H7N2Na2O4P. The number of amides is 1. The molecule has 0 unspecified atom stereocenters. The molecule has 76 valence electrons. The maximum atomic E-state index is 11.1. The number of pyridine rings is 1. The molecule has 1 aromatic rings. The van der Waals surface area contributed by atoms with E-state index in [9.17, 15) is 19.1 Å². The molecule has 1 N–H and O–H groups in total. The summed E-state index contributed by atoms with van der Waals surface area (Å²) in [4.78, 5) is 35.2. The predicted molar refractivity (Wildman–Crippen MR) is 44.2 cm³/mol. The minimum atomic E-state index is -4.69. The van der Waals surface area contributed by atoms with Crippen LogP contribution in [0.1, 0.15) is 10.4 Å². The van der Waals surface area contributed by atoms with Crippen LogP contribution in [0.15, 0.2) is 24.5 Å². The summed E-state index contributed by atoms with van der Waals surface area (Å²) < 4.78 is 10.2. The van der Waals surface area contributed by atoms with Crippen LogP contribution in [0, 0.1) is 0 Å². The van der Waals surface area contributed by atoms with Crippen molar-refractivity contribution in [2.45, 2.75) is 0 Å². The first kappa shape index (κ1) is 19.1. The van der Waals surface area contributed by atoms with Crippen molar-refractivity contribution in [1.82, 2.24) is 10.3 Å². The molecule has 1 rings (SSSR count). The van der Waals surface area contributed by atoms with Gasteiger partial charge in [0.15, 0.2) is 0 Å². The summed E-state index contributed by atoms with van der Waals surface area (Å²) in [6.45, 7) is 0. The maximum Gasteiger partial charge on any atom is 1.00 e. The Morgan fingerprint density at radius 3 is 2.50 bits per heavy atom. The number of nitrogens with one attached hydrogen (secondary N) is 1. The first-order valence-electron chi connectivity index (χ1n) is 3.68. The van der Waals surface area contributed by atoms with Crippen LogP contribution >= 0.6 is 7.60 Å². The Balaban J connectivity index is 0. The number of carbonyl (C=O) groups excluding carboxylic acids is 1. The minimum Gasteiger partial charge on any atom is -0.810 e. The van der Waals surface area contributed by atoms with E-state index in [1.54, 1.807) is 0 Å².